The van der Waals surface area contributed by atoms with Crippen LogP contribution in [0.3, 0.4) is 0 Å². The van der Waals surface area contributed by atoms with E-state index in [0.29, 0.717) is 12.0 Å². The van der Waals surface area contributed by atoms with Crippen molar-refractivity contribution < 1.29 is 31.0 Å². The first kappa shape index (κ1) is 21.7. The first-order chi connectivity index (χ1) is 10.3. The summed E-state index contributed by atoms with van der Waals surface area (Å²) in [6.07, 6.45) is 5.43. The van der Waals surface area contributed by atoms with Gasteiger partial charge in [0.15, 0.2) is 11.5 Å². The van der Waals surface area contributed by atoms with Crippen LogP contribution in [0.4, 0.5) is 0 Å². The summed E-state index contributed by atoms with van der Waals surface area (Å²) in [5, 5.41) is 14.1. The second kappa shape index (κ2) is 7.11. The van der Waals surface area contributed by atoms with Crippen molar-refractivity contribution in [3.05, 3.63) is 35.4 Å². The fraction of sp³-hybridized carbons (Fsp3) is 0.529. The van der Waals surface area contributed by atoms with Gasteiger partial charge in [0.25, 0.3) is 0 Å². The van der Waals surface area contributed by atoms with Crippen LogP contribution < -0.4 is 14.8 Å². The maximum Gasteiger partial charge on any atom is 0.165 e. The Hall–Kier alpha value is -1.35. The summed E-state index contributed by atoms with van der Waals surface area (Å²) in [4.78, 5) is 0. The average Bonchev–Trinajstić information content (AvgIpc) is 2.83. The Balaban J connectivity index is 0.000000781. The molecule has 142 valence electrons. The minimum atomic E-state index is -0.539. The van der Waals surface area contributed by atoms with Gasteiger partial charge < -0.3 is 36.3 Å². The number of hydrogen-bond acceptors (Lipinski definition) is 4. The standard InChI is InChI=1S/C17H19NO3.ClH.3H2O/c1-20-13-5-2-9-8-11-10-3-4-12(19)16-17(10,6-7-18-11)14(9)15(13)21-16;;;;/h2-5,10-12,16,18-19H,6-8H2,1H3;1H;3*1H2/t10-,11+,12-,16-,17-;;;;/m0..../s1. The molecule has 0 amide bonds. The number of aliphatic hydroxyl groups excluding tert-OH is 1. The van der Waals surface area contributed by atoms with Crippen LogP contribution in [0.5, 0.6) is 11.5 Å². The lowest BCUT2D eigenvalue weighted by Gasteiger charge is -2.53. The molecule has 0 aromatic heterocycles. The fourth-order valence-electron chi connectivity index (χ4n) is 5.13. The molecule has 5 atom stereocenters. The molecule has 2 aliphatic heterocycles. The first-order valence-corrected chi connectivity index (χ1v) is 7.72. The predicted molar refractivity (Wildman–Crippen MR) is 95.9 cm³/mol. The maximum absolute atomic E-state index is 10.5. The van der Waals surface area contributed by atoms with E-state index in [9.17, 15) is 5.11 Å². The highest BCUT2D eigenvalue weighted by Gasteiger charge is 2.63. The summed E-state index contributed by atoms with van der Waals surface area (Å²) in [5.41, 5.74) is 2.57. The van der Waals surface area contributed by atoms with Gasteiger partial charge in [-0.2, -0.15) is 0 Å². The zero-order valence-electron chi connectivity index (χ0n) is 13.9. The van der Waals surface area contributed by atoms with Crippen LogP contribution in [0.1, 0.15) is 17.5 Å². The Labute approximate surface area is 152 Å². The van der Waals surface area contributed by atoms with Gasteiger partial charge in [-0.1, -0.05) is 18.2 Å². The topological polar surface area (TPSA) is 145 Å². The smallest absolute Gasteiger partial charge is 0.165 e. The number of ether oxygens (including phenoxy) is 2. The van der Waals surface area contributed by atoms with Gasteiger partial charge in [-0.3, -0.25) is 0 Å². The summed E-state index contributed by atoms with van der Waals surface area (Å²) in [7, 11) is 1.68. The summed E-state index contributed by atoms with van der Waals surface area (Å²) in [6.45, 7) is 0.984. The van der Waals surface area contributed by atoms with Crippen LogP contribution in [0.15, 0.2) is 24.3 Å². The lowest BCUT2D eigenvalue weighted by Crippen LogP contribution is -2.64. The zero-order chi connectivity index (χ0) is 14.2. The molecule has 7 nitrogen and oxygen atoms in total. The molecule has 2 aliphatic carbocycles. The van der Waals surface area contributed by atoms with E-state index in [0.717, 1.165) is 30.9 Å². The summed E-state index contributed by atoms with van der Waals surface area (Å²) in [5.74, 6) is 2.06. The molecule has 1 saturated heterocycles. The Morgan fingerprint density at radius 1 is 1.24 bits per heavy atom. The number of rotatable bonds is 1. The van der Waals surface area contributed by atoms with Gasteiger partial charge >= 0.3 is 0 Å². The van der Waals surface area contributed by atoms with E-state index in [-0.39, 0.29) is 40.4 Å². The quantitative estimate of drug-likeness (QED) is 0.613. The molecular weight excluding hydrogens is 350 g/mol. The molecule has 25 heavy (non-hydrogen) atoms. The third kappa shape index (κ3) is 2.38. The molecule has 5 rings (SSSR count). The number of nitrogens with one attached hydrogen (secondary N) is 1. The second-order valence-corrected chi connectivity index (χ2v) is 6.63. The Morgan fingerprint density at radius 2 is 2.00 bits per heavy atom. The van der Waals surface area contributed by atoms with Crippen LogP contribution in [-0.4, -0.2) is 53.4 Å². The van der Waals surface area contributed by atoms with Crippen molar-refractivity contribution in [3.8, 4) is 11.5 Å². The van der Waals surface area contributed by atoms with E-state index in [1.54, 1.807) is 7.11 Å². The van der Waals surface area contributed by atoms with Crippen LogP contribution in [-0.2, 0) is 11.8 Å². The minimum absolute atomic E-state index is 0. The molecule has 1 fully saturated rings. The van der Waals surface area contributed by atoms with E-state index in [2.05, 4.69) is 17.5 Å². The lowest BCUT2D eigenvalue weighted by atomic mass is 9.54. The van der Waals surface area contributed by atoms with Gasteiger partial charge in [0, 0.05) is 22.9 Å². The molecule has 2 bridgehead atoms. The average molecular weight is 376 g/mol. The van der Waals surface area contributed by atoms with Crippen molar-refractivity contribution >= 4 is 12.4 Å². The normalized spacial score (nSPS) is 34.8. The minimum Gasteiger partial charge on any atom is -0.493 e. The van der Waals surface area contributed by atoms with E-state index in [4.69, 9.17) is 9.47 Å². The molecule has 1 aromatic carbocycles. The number of benzene rings is 1. The van der Waals surface area contributed by atoms with Gasteiger partial charge in [0.2, 0.25) is 0 Å². The first-order valence-electron chi connectivity index (χ1n) is 7.72. The van der Waals surface area contributed by atoms with E-state index >= 15 is 0 Å². The Bertz CT molecular complexity index is 669. The summed E-state index contributed by atoms with van der Waals surface area (Å²) in [6, 6.07) is 4.62. The largest absolute Gasteiger partial charge is 0.493 e. The number of halogens is 1. The van der Waals surface area contributed by atoms with Crippen LogP contribution in [0.25, 0.3) is 0 Å². The van der Waals surface area contributed by atoms with Crippen molar-refractivity contribution in [2.75, 3.05) is 13.7 Å². The Morgan fingerprint density at radius 3 is 2.72 bits per heavy atom. The number of aliphatic hydroxyl groups is 1. The van der Waals surface area contributed by atoms with E-state index in [1.807, 2.05) is 12.1 Å². The van der Waals surface area contributed by atoms with Gasteiger partial charge in [-0.15, -0.1) is 12.4 Å². The Kier molecular flexibility index (Phi) is 6.17. The van der Waals surface area contributed by atoms with Crippen molar-refractivity contribution in [1.82, 2.24) is 5.32 Å². The highest BCUT2D eigenvalue weighted by molar-refractivity contribution is 5.85. The lowest BCUT2D eigenvalue weighted by molar-refractivity contribution is -0.0177. The molecule has 8 heteroatoms. The molecule has 0 saturated carbocycles. The van der Waals surface area contributed by atoms with Crippen LogP contribution in [0.2, 0.25) is 0 Å². The number of piperidine rings is 1. The molecule has 0 radical (unpaired) electrons. The van der Waals surface area contributed by atoms with Gasteiger partial charge in [0.05, 0.1) is 7.11 Å². The molecule has 4 aliphatic rings. The maximum atomic E-state index is 10.5. The zero-order valence-corrected chi connectivity index (χ0v) is 14.7. The van der Waals surface area contributed by atoms with E-state index in [1.165, 1.54) is 11.1 Å². The third-order valence-corrected chi connectivity index (χ3v) is 5.88. The van der Waals surface area contributed by atoms with Crippen molar-refractivity contribution in [2.45, 2.75) is 36.5 Å². The highest BCUT2D eigenvalue weighted by Crippen LogP contribution is 2.61. The number of hydrogen-bond donors (Lipinski definition) is 2. The van der Waals surface area contributed by atoms with Crippen molar-refractivity contribution in [1.29, 1.82) is 0 Å². The SMILES string of the molecule is COc1ccc2c3c1O[C@H]1[C@@H](O)C=C[C@H]4[C@@H](C2)NCC[C@@]341.Cl.O.O.O. The molecule has 2 heterocycles. The molecule has 1 spiro atoms. The predicted octanol–water partition coefficient (Wildman–Crippen LogP) is -0.893. The molecule has 0 unspecified atom stereocenters. The molecule has 8 N–H and O–H groups in total. The van der Waals surface area contributed by atoms with Gasteiger partial charge in [-0.05, 0) is 31.0 Å². The highest BCUT2D eigenvalue weighted by atomic mass is 35.5. The fourth-order valence-corrected chi connectivity index (χ4v) is 5.13. The number of methoxy groups -OCH3 is 1. The molecule has 1 aromatic rings. The monoisotopic (exact) mass is 375 g/mol. The van der Waals surface area contributed by atoms with Crippen molar-refractivity contribution in [3.63, 3.8) is 0 Å². The van der Waals surface area contributed by atoms with Gasteiger partial charge in [0.1, 0.15) is 12.2 Å². The second-order valence-electron chi connectivity index (χ2n) is 6.63. The van der Waals surface area contributed by atoms with Crippen LogP contribution in [0, 0.1) is 5.92 Å². The summed E-state index contributed by atoms with van der Waals surface area (Å²) < 4.78 is 11.8. The van der Waals surface area contributed by atoms with Crippen molar-refractivity contribution in [2.24, 2.45) is 5.92 Å². The third-order valence-electron chi connectivity index (χ3n) is 5.88. The summed E-state index contributed by atoms with van der Waals surface area (Å²) >= 11 is 0. The molecular formula is C17H26ClNO6. The van der Waals surface area contributed by atoms with Gasteiger partial charge in [-0.25, -0.2) is 0 Å². The van der Waals surface area contributed by atoms with Crippen LogP contribution >= 0.6 is 12.4 Å². The van der Waals surface area contributed by atoms with E-state index < -0.39 is 6.10 Å².